The van der Waals surface area contributed by atoms with Crippen molar-refractivity contribution < 1.29 is 9.84 Å². The predicted molar refractivity (Wildman–Crippen MR) is 109 cm³/mol. The number of aromatic nitrogens is 2. The molecule has 2 N–H and O–H groups in total. The van der Waals surface area contributed by atoms with Crippen LogP contribution in [-0.4, -0.2) is 40.1 Å². The van der Waals surface area contributed by atoms with Gasteiger partial charge in [0.2, 0.25) is 0 Å². The predicted octanol–water partition coefficient (Wildman–Crippen LogP) is 3.79. The fourth-order valence-corrected chi connectivity index (χ4v) is 2.95. The molecule has 0 radical (unpaired) electrons. The maximum absolute atomic E-state index is 9.90. The molecule has 1 aromatic carbocycles. The summed E-state index contributed by atoms with van der Waals surface area (Å²) in [4.78, 5) is 9.03. The van der Waals surface area contributed by atoms with Gasteiger partial charge in [0.15, 0.2) is 0 Å². The molecule has 0 saturated heterocycles. The number of nitrogens with one attached hydrogen (secondary N) is 1. The molecule has 6 heteroatoms. The van der Waals surface area contributed by atoms with Crippen molar-refractivity contribution in [2.45, 2.75) is 24.7 Å². The Morgan fingerprint density at radius 3 is 2.73 bits per heavy atom. The summed E-state index contributed by atoms with van der Waals surface area (Å²) in [5, 5.41) is 14.0. The molecular formula is C20H23N3O2S. The van der Waals surface area contributed by atoms with Gasteiger partial charge >= 0.3 is 0 Å². The monoisotopic (exact) mass is 369 g/mol. The van der Waals surface area contributed by atoms with Crippen LogP contribution < -0.4 is 10.1 Å². The highest BCUT2D eigenvalue weighted by atomic mass is 32.1. The number of hydrogen-bond donors (Lipinski definition) is 3. The highest BCUT2D eigenvalue weighted by Crippen LogP contribution is 2.24. The average molecular weight is 369 g/mol. The Bertz CT molecular complexity index is 869. The molecule has 0 aliphatic heterocycles. The van der Waals surface area contributed by atoms with Crippen LogP contribution in [0.25, 0.3) is 22.2 Å². The third-order valence-corrected chi connectivity index (χ3v) is 4.24. The van der Waals surface area contributed by atoms with E-state index in [9.17, 15) is 5.11 Å². The number of aliphatic hydroxyl groups is 1. The van der Waals surface area contributed by atoms with Crippen LogP contribution in [0, 0.1) is 0 Å². The molecule has 2 unspecified atom stereocenters. The number of aliphatic hydroxyl groups excluding tert-OH is 1. The summed E-state index contributed by atoms with van der Waals surface area (Å²) in [6.07, 6.45) is 1.88. The summed E-state index contributed by atoms with van der Waals surface area (Å²) in [7, 11) is 1.84. The number of rotatable bonds is 7. The quantitative estimate of drug-likeness (QED) is 0.553. The Balaban J connectivity index is 1.75. The summed E-state index contributed by atoms with van der Waals surface area (Å²) in [6.45, 7) is 2.21. The van der Waals surface area contributed by atoms with Crippen LogP contribution in [0.5, 0.6) is 5.75 Å². The molecule has 3 rings (SSSR count). The first-order valence-corrected chi connectivity index (χ1v) is 9.10. The van der Waals surface area contributed by atoms with Crippen molar-refractivity contribution in [1.29, 1.82) is 0 Å². The Morgan fingerprint density at radius 1 is 1.19 bits per heavy atom. The molecule has 0 aliphatic rings. The Kier molecular flexibility index (Phi) is 5.96. The summed E-state index contributed by atoms with van der Waals surface area (Å²) in [5.74, 6) is 1.55. The molecule has 136 valence electrons. The van der Waals surface area contributed by atoms with Gasteiger partial charge in [-0.15, -0.1) is 0 Å². The zero-order valence-electron chi connectivity index (χ0n) is 14.9. The van der Waals surface area contributed by atoms with Crippen molar-refractivity contribution in [2.24, 2.45) is 0 Å². The van der Waals surface area contributed by atoms with E-state index in [2.05, 4.69) is 22.9 Å². The van der Waals surface area contributed by atoms with Crippen molar-refractivity contribution in [3.8, 4) is 17.0 Å². The van der Waals surface area contributed by atoms with Crippen molar-refractivity contribution in [2.75, 3.05) is 19.0 Å². The average Bonchev–Trinajstić information content (AvgIpc) is 2.65. The van der Waals surface area contributed by atoms with E-state index < -0.39 is 6.10 Å². The lowest BCUT2D eigenvalue weighted by Crippen LogP contribution is -2.20. The van der Waals surface area contributed by atoms with Crippen LogP contribution in [0.3, 0.4) is 0 Å². The molecule has 0 saturated carbocycles. The van der Waals surface area contributed by atoms with E-state index >= 15 is 0 Å². The van der Waals surface area contributed by atoms with E-state index in [1.54, 1.807) is 6.20 Å². The van der Waals surface area contributed by atoms with Crippen LogP contribution in [-0.2, 0) is 0 Å². The van der Waals surface area contributed by atoms with E-state index in [1.807, 2.05) is 56.4 Å². The normalized spacial score (nSPS) is 13.4. The minimum Gasteiger partial charge on any atom is -0.491 e. The van der Waals surface area contributed by atoms with Gasteiger partial charge in [0.05, 0.1) is 17.3 Å². The molecule has 0 aliphatic carbocycles. The lowest BCUT2D eigenvalue weighted by molar-refractivity contribution is 0.101. The molecule has 0 amide bonds. The number of pyridine rings is 2. The maximum atomic E-state index is 9.90. The Hall–Kier alpha value is -2.31. The number of benzene rings is 1. The van der Waals surface area contributed by atoms with Crippen molar-refractivity contribution in [3.05, 3.63) is 48.7 Å². The second kappa shape index (κ2) is 8.38. The Labute approximate surface area is 158 Å². The van der Waals surface area contributed by atoms with Crippen LogP contribution in [0.2, 0.25) is 0 Å². The summed E-state index contributed by atoms with van der Waals surface area (Å²) >= 11 is 4.28. The van der Waals surface area contributed by atoms with E-state index in [0.717, 1.165) is 33.7 Å². The maximum Gasteiger partial charge on any atom is 0.125 e. The lowest BCUT2D eigenvalue weighted by Gasteiger charge is -2.14. The van der Waals surface area contributed by atoms with Gasteiger partial charge in [-0.25, -0.2) is 9.97 Å². The van der Waals surface area contributed by atoms with Gasteiger partial charge in [-0.05, 0) is 42.8 Å². The van der Waals surface area contributed by atoms with Crippen LogP contribution in [0.4, 0.5) is 5.82 Å². The van der Waals surface area contributed by atoms with E-state index in [1.165, 1.54) is 0 Å². The van der Waals surface area contributed by atoms with Gasteiger partial charge in [-0.2, -0.15) is 12.6 Å². The SMILES string of the molecule is CNc1ccc(-c2ccc3cc(OCC(O)CC(C)S)ccc3n2)cn1. The van der Waals surface area contributed by atoms with E-state index in [4.69, 9.17) is 9.72 Å². The first-order valence-electron chi connectivity index (χ1n) is 8.59. The number of ether oxygens (including phenoxy) is 1. The smallest absolute Gasteiger partial charge is 0.125 e. The standard InChI is InChI=1S/C20H23N3O2S/c1-13(26)9-16(24)12-25-17-5-7-18-14(10-17)3-6-19(23-18)15-4-8-20(21-2)22-11-15/h3-8,10-11,13,16,24,26H,9,12H2,1-2H3,(H,21,22). The number of anilines is 1. The Morgan fingerprint density at radius 2 is 2.04 bits per heavy atom. The van der Waals surface area contributed by atoms with Crippen LogP contribution >= 0.6 is 12.6 Å². The molecule has 0 bridgehead atoms. The van der Waals surface area contributed by atoms with Crippen LogP contribution in [0.15, 0.2) is 48.7 Å². The molecular weight excluding hydrogens is 346 g/mol. The number of hydrogen-bond acceptors (Lipinski definition) is 6. The molecule has 3 aromatic rings. The summed E-state index contributed by atoms with van der Waals surface area (Å²) in [6, 6.07) is 13.6. The van der Waals surface area contributed by atoms with Gasteiger partial charge in [-0.1, -0.05) is 13.0 Å². The third kappa shape index (κ3) is 4.65. The highest BCUT2D eigenvalue weighted by molar-refractivity contribution is 7.80. The molecule has 26 heavy (non-hydrogen) atoms. The molecule has 2 atom stereocenters. The van der Waals surface area contributed by atoms with Gasteiger partial charge in [0, 0.05) is 29.4 Å². The number of thiol groups is 1. The molecule has 2 aromatic heterocycles. The largest absolute Gasteiger partial charge is 0.491 e. The summed E-state index contributed by atoms with van der Waals surface area (Å²) < 4.78 is 5.69. The van der Waals surface area contributed by atoms with Crippen LogP contribution in [0.1, 0.15) is 13.3 Å². The molecule has 0 fully saturated rings. The zero-order chi connectivity index (χ0) is 18.5. The first-order chi connectivity index (χ1) is 12.5. The summed E-state index contributed by atoms with van der Waals surface area (Å²) in [5.41, 5.74) is 2.73. The van der Waals surface area contributed by atoms with Gasteiger partial charge in [-0.3, -0.25) is 0 Å². The second-order valence-corrected chi connectivity index (χ2v) is 7.16. The zero-order valence-corrected chi connectivity index (χ0v) is 15.8. The number of nitrogens with zero attached hydrogens (tertiary/aromatic N) is 2. The van der Waals surface area contributed by atoms with E-state index in [-0.39, 0.29) is 11.9 Å². The van der Waals surface area contributed by atoms with Gasteiger partial charge < -0.3 is 15.2 Å². The fraction of sp³-hybridized carbons (Fsp3) is 0.300. The van der Waals surface area contributed by atoms with Gasteiger partial charge in [0.1, 0.15) is 18.2 Å². The minimum absolute atomic E-state index is 0.143. The van der Waals surface area contributed by atoms with Crippen molar-refractivity contribution >= 4 is 29.3 Å². The highest BCUT2D eigenvalue weighted by Gasteiger charge is 2.09. The van der Waals surface area contributed by atoms with Gasteiger partial charge in [0.25, 0.3) is 0 Å². The lowest BCUT2D eigenvalue weighted by atomic mass is 10.1. The van der Waals surface area contributed by atoms with E-state index in [0.29, 0.717) is 6.42 Å². The van der Waals surface area contributed by atoms with Crippen molar-refractivity contribution in [1.82, 2.24) is 9.97 Å². The first kappa shape index (κ1) is 18.5. The van der Waals surface area contributed by atoms with Crippen molar-refractivity contribution in [3.63, 3.8) is 0 Å². The topological polar surface area (TPSA) is 67.3 Å². The third-order valence-electron chi connectivity index (χ3n) is 4.03. The fourth-order valence-electron chi connectivity index (χ4n) is 2.70. The minimum atomic E-state index is -0.521. The molecule has 0 spiro atoms. The molecule has 5 nitrogen and oxygen atoms in total. The number of fused-ring (bicyclic) bond motifs is 1. The second-order valence-electron chi connectivity index (χ2n) is 6.28. The molecule has 2 heterocycles.